The third-order valence-electron chi connectivity index (χ3n) is 3.91. The van der Waals surface area contributed by atoms with Crippen molar-refractivity contribution in [1.82, 2.24) is 5.32 Å². The van der Waals surface area contributed by atoms with Gasteiger partial charge in [0.05, 0.1) is 28.7 Å². The number of nitrogen functional groups attached to an aromatic ring is 1. The summed E-state index contributed by atoms with van der Waals surface area (Å²) in [5, 5.41) is 13.6. The summed E-state index contributed by atoms with van der Waals surface area (Å²) < 4.78 is 5.66. The van der Waals surface area contributed by atoms with E-state index in [0.29, 0.717) is 0 Å². The van der Waals surface area contributed by atoms with Crippen molar-refractivity contribution in [2.24, 2.45) is 0 Å². The third-order valence-corrected chi connectivity index (χ3v) is 3.91. The number of carbonyl (C=O) groups is 1. The lowest BCUT2D eigenvalue weighted by Crippen LogP contribution is -2.41. The molecule has 0 aliphatic carbocycles. The zero-order valence-electron chi connectivity index (χ0n) is 10.7. The normalized spacial score (nSPS) is 27.5. The van der Waals surface area contributed by atoms with Gasteiger partial charge < -0.3 is 15.8 Å². The van der Waals surface area contributed by atoms with Crippen molar-refractivity contribution >= 4 is 17.3 Å². The van der Waals surface area contributed by atoms with E-state index in [0.717, 1.165) is 19.3 Å². The predicted octanol–water partition coefficient (Wildman–Crippen LogP) is 1.23. The van der Waals surface area contributed by atoms with E-state index in [1.807, 2.05) is 0 Å². The number of fused-ring (bicyclic) bond motifs is 2. The number of carbonyl (C=O) groups excluding carboxylic acids is 1. The molecular weight excluding hydrogens is 262 g/mol. The molecule has 2 heterocycles. The molecule has 3 atom stereocenters. The summed E-state index contributed by atoms with van der Waals surface area (Å²) in [6, 6.07) is 3.84. The minimum atomic E-state index is -0.545. The molecule has 1 amide bonds. The van der Waals surface area contributed by atoms with Gasteiger partial charge in [0.2, 0.25) is 0 Å². The van der Waals surface area contributed by atoms with Gasteiger partial charge in [-0.2, -0.15) is 0 Å². The quantitative estimate of drug-likeness (QED) is 0.491. The molecule has 2 fully saturated rings. The number of hydrogen-bond donors (Lipinski definition) is 2. The van der Waals surface area contributed by atoms with Crippen molar-refractivity contribution in [2.75, 3.05) is 5.73 Å². The van der Waals surface area contributed by atoms with Crippen LogP contribution in [0.3, 0.4) is 0 Å². The molecule has 20 heavy (non-hydrogen) atoms. The Morgan fingerprint density at radius 3 is 2.85 bits per heavy atom. The predicted molar refractivity (Wildman–Crippen MR) is 71.3 cm³/mol. The molecule has 0 saturated carbocycles. The Morgan fingerprint density at radius 1 is 1.45 bits per heavy atom. The van der Waals surface area contributed by atoms with Crippen molar-refractivity contribution in [1.29, 1.82) is 0 Å². The minimum Gasteiger partial charge on any atom is -0.398 e. The highest BCUT2D eigenvalue weighted by molar-refractivity contribution is 6.00. The molecular formula is C13H15N3O4. The van der Waals surface area contributed by atoms with Crippen LogP contribution in [0.25, 0.3) is 0 Å². The van der Waals surface area contributed by atoms with E-state index in [1.54, 1.807) is 0 Å². The molecule has 1 aromatic carbocycles. The maximum absolute atomic E-state index is 12.2. The monoisotopic (exact) mass is 277 g/mol. The van der Waals surface area contributed by atoms with Crippen molar-refractivity contribution < 1.29 is 14.5 Å². The van der Waals surface area contributed by atoms with Crippen LogP contribution >= 0.6 is 0 Å². The summed E-state index contributed by atoms with van der Waals surface area (Å²) in [5.74, 6) is -0.382. The van der Waals surface area contributed by atoms with E-state index >= 15 is 0 Å². The SMILES string of the molecule is Nc1ccc([N+](=O)[O-])cc1C(=O)NC1CC2CCC1O2. The molecule has 2 saturated heterocycles. The van der Waals surface area contributed by atoms with Gasteiger partial charge in [0.25, 0.3) is 11.6 Å². The Balaban J connectivity index is 1.76. The molecule has 0 spiro atoms. The summed E-state index contributed by atoms with van der Waals surface area (Å²) >= 11 is 0. The maximum atomic E-state index is 12.2. The lowest BCUT2D eigenvalue weighted by molar-refractivity contribution is -0.384. The number of rotatable bonds is 3. The van der Waals surface area contributed by atoms with Crippen LogP contribution in [0.2, 0.25) is 0 Å². The second-order valence-electron chi connectivity index (χ2n) is 5.22. The Hall–Kier alpha value is -2.15. The molecule has 3 unspecified atom stereocenters. The summed E-state index contributed by atoms with van der Waals surface area (Å²) in [7, 11) is 0. The van der Waals surface area contributed by atoms with Crippen LogP contribution in [0.15, 0.2) is 18.2 Å². The van der Waals surface area contributed by atoms with Gasteiger partial charge in [-0.05, 0) is 25.3 Å². The third kappa shape index (κ3) is 2.20. The number of nitro groups is 1. The van der Waals surface area contributed by atoms with Crippen LogP contribution in [-0.2, 0) is 4.74 Å². The van der Waals surface area contributed by atoms with Gasteiger partial charge in [-0.25, -0.2) is 0 Å². The van der Waals surface area contributed by atoms with E-state index in [4.69, 9.17) is 10.5 Å². The van der Waals surface area contributed by atoms with Gasteiger partial charge in [0.15, 0.2) is 0 Å². The number of anilines is 1. The molecule has 2 aliphatic heterocycles. The van der Waals surface area contributed by atoms with Gasteiger partial charge in [0.1, 0.15) is 0 Å². The molecule has 2 bridgehead atoms. The molecule has 7 heteroatoms. The fourth-order valence-electron chi connectivity index (χ4n) is 2.89. The fraction of sp³-hybridized carbons (Fsp3) is 0.462. The van der Waals surface area contributed by atoms with E-state index in [1.165, 1.54) is 18.2 Å². The number of benzene rings is 1. The van der Waals surface area contributed by atoms with E-state index in [9.17, 15) is 14.9 Å². The van der Waals surface area contributed by atoms with Crippen molar-refractivity contribution in [3.63, 3.8) is 0 Å². The Labute approximate surface area is 115 Å². The topological polar surface area (TPSA) is 107 Å². The van der Waals surface area contributed by atoms with Crippen molar-refractivity contribution in [2.45, 2.75) is 37.5 Å². The summed E-state index contributed by atoms with van der Waals surface area (Å²) in [4.78, 5) is 22.4. The Kier molecular flexibility index (Phi) is 3.06. The van der Waals surface area contributed by atoms with Crippen LogP contribution in [0, 0.1) is 10.1 Å². The Morgan fingerprint density at radius 2 is 2.25 bits per heavy atom. The van der Waals surface area contributed by atoms with Crippen LogP contribution in [0.1, 0.15) is 29.6 Å². The number of amides is 1. The molecule has 0 aromatic heterocycles. The molecule has 3 rings (SSSR count). The first-order valence-corrected chi connectivity index (χ1v) is 6.55. The second kappa shape index (κ2) is 4.75. The fourth-order valence-corrected chi connectivity index (χ4v) is 2.89. The second-order valence-corrected chi connectivity index (χ2v) is 5.22. The number of nitrogens with two attached hydrogens (primary N) is 1. The number of ether oxygens (including phenoxy) is 1. The molecule has 3 N–H and O–H groups in total. The average molecular weight is 277 g/mol. The van der Waals surface area contributed by atoms with Crippen LogP contribution in [-0.4, -0.2) is 29.1 Å². The van der Waals surface area contributed by atoms with E-state index in [-0.39, 0.29) is 41.1 Å². The number of nitrogens with zero attached hydrogens (tertiary/aromatic N) is 1. The standard InChI is InChI=1S/C13H15N3O4/c14-10-3-1-7(16(18)19)5-9(10)13(17)15-11-6-8-2-4-12(11)20-8/h1,3,5,8,11-12H,2,4,6,14H2,(H,15,17). The zero-order valence-corrected chi connectivity index (χ0v) is 10.7. The summed E-state index contributed by atoms with van der Waals surface area (Å²) in [6.45, 7) is 0. The smallest absolute Gasteiger partial charge is 0.270 e. The van der Waals surface area contributed by atoms with Crippen LogP contribution in [0.4, 0.5) is 11.4 Å². The zero-order chi connectivity index (χ0) is 14.3. The van der Waals surface area contributed by atoms with Gasteiger partial charge in [-0.1, -0.05) is 0 Å². The molecule has 0 radical (unpaired) electrons. The molecule has 1 aromatic rings. The van der Waals surface area contributed by atoms with E-state index in [2.05, 4.69) is 5.32 Å². The summed E-state index contributed by atoms with van der Waals surface area (Å²) in [5.41, 5.74) is 5.96. The van der Waals surface area contributed by atoms with Crippen molar-refractivity contribution in [3.8, 4) is 0 Å². The van der Waals surface area contributed by atoms with Crippen LogP contribution < -0.4 is 11.1 Å². The first-order chi connectivity index (χ1) is 9.54. The molecule has 2 aliphatic rings. The Bertz CT molecular complexity index is 575. The van der Waals surface area contributed by atoms with Crippen LogP contribution in [0.5, 0.6) is 0 Å². The van der Waals surface area contributed by atoms with Gasteiger partial charge in [0, 0.05) is 17.8 Å². The highest BCUT2D eigenvalue weighted by Crippen LogP contribution is 2.34. The first-order valence-electron chi connectivity index (χ1n) is 6.55. The van der Waals surface area contributed by atoms with E-state index < -0.39 is 4.92 Å². The maximum Gasteiger partial charge on any atom is 0.270 e. The summed E-state index contributed by atoms with van der Waals surface area (Å²) in [6.07, 6.45) is 3.07. The molecule has 7 nitrogen and oxygen atoms in total. The average Bonchev–Trinajstić information content (AvgIpc) is 3.01. The van der Waals surface area contributed by atoms with Gasteiger partial charge >= 0.3 is 0 Å². The number of nitro benzene ring substituents is 1. The number of non-ortho nitro benzene ring substituents is 1. The lowest BCUT2D eigenvalue weighted by Gasteiger charge is -2.20. The number of nitrogens with one attached hydrogen (secondary N) is 1. The van der Waals surface area contributed by atoms with Gasteiger partial charge in [-0.15, -0.1) is 0 Å². The number of hydrogen-bond acceptors (Lipinski definition) is 5. The first kappa shape index (κ1) is 12.9. The highest BCUT2D eigenvalue weighted by atomic mass is 16.6. The van der Waals surface area contributed by atoms with Gasteiger partial charge in [-0.3, -0.25) is 14.9 Å². The minimum absolute atomic E-state index is 0.0279. The highest BCUT2D eigenvalue weighted by Gasteiger charge is 2.41. The van der Waals surface area contributed by atoms with Crippen molar-refractivity contribution in [3.05, 3.63) is 33.9 Å². The lowest BCUT2D eigenvalue weighted by atomic mass is 9.95. The largest absolute Gasteiger partial charge is 0.398 e. The molecule has 106 valence electrons.